The Kier molecular flexibility index (Phi) is 5.76. The summed E-state index contributed by atoms with van der Waals surface area (Å²) in [6, 6.07) is -0.657. The van der Waals surface area contributed by atoms with Crippen molar-refractivity contribution in [2.24, 2.45) is 0 Å². The number of carbonyl (C=O) groups excluding carboxylic acids is 2. The number of aliphatic hydroxyl groups is 1. The molecule has 1 aliphatic rings. The number of hydrogen-bond acceptors (Lipinski definition) is 4. The largest absolute Gasteiger partial charge is 0.465 e. The Morgan fingerprint density at radius 1 is 1.35 bits per heavy atom. The van der Waals surface area contributed by atoms with Gasteiger partial charge in [-0.25, -0.2) is 4.79 Å². The van der Waals surface area contributed by atoms with Crippen LogP contribution in [0.3, 0.4) is 0 Å². The van der Waals surface area contributed by atoms with Crippen molar-refractivity contribution in [3.63, 3.8) is 0 Å². The number of rotatable bonds is 4. The van der Waals surface area contributed by atoms with Crippen LogP contribution in [0.15, 0.2) is 0 Å². The van der Waals surface area contributed by atoms with Crippen molar-refractivity contribution in [3.8, 4) is 0 Å². The molecule has 0 bridgehead atoms. The molecule has 0 radical (unpaired) electrons. The maximum Gasteiger partial charge on any atom is 0.325 e. The first-order chi connectivity index (χ1) is 8.13. The zero-order valence-electron chi connectivity index (χ0n) is 10.1. The predicted molar refractivity (Wildman–Crippen MR) is 61.4 cm³/mol. The van der Waals surface area contributed by atoms with Crippen LogP contribution >= 0.6 is 0 Å². The number of hydrogen-bond donors (Lipinski definition) is 3. The van der Waals surface area contributed by atoms with Gasteiger partial charge in [-0.15, -0.1) is 0 Å². The SMILES string of the molecule is CCOC(=O)CNC(=O)NC1CCCCC1O. The summed E-state index contributed by atoms with van der Waals surface area (Å²) in [4.78, 5) is 22.4. The minimum Gasteiger partial charge on any atom is -0.465 e. The van der Waals surface area contributed by atoms with Gasteiger partial charge < -0.3 is 20.5 Å². The van der Waals surface area contributed by atoms with Crippen molar-refractivity contribution in [2.75, 3.05) is 13.2 Å². The van der Waals surface area contributed by atoms with Crippen LogP contribution in [0.5, 0.6) is 0 Å². The number of amides is 2. The van der Waals surface area contributed by atoms with Gasteiger partial charge in [0.1, 0.15) is 6.54 Å². The Bertz CT molecular complexity index is 270. The van der Waals surface area contributed by atoms with Crippen molar-refractivity contribution in [3.05, 3.63) is 0 Å². The van der Waals surface area contributed by atoms with Crippen molar-refractivity contribution < 1.29 is 19.4 Å². The zero-order valence-corrected chi connectivity index (χ0v) is 10.1. The first kappa shape index (κ1) is 13.8. The van der Waals surface area contributed by atoms with E-state index in [0.29, 0.717) is 13.0 Å². The molecule has 1 saturated carbocycles. The topological polar surface area (TPSA) is 87.7 Å². The molecule has 2 unspecified atom stereocenters. The van der Waals surface area contributed by atoms with Crippen LogP contribution in [0, 0.1) is 0 Å². The lowest BCUT2D eigenvalue weighted by atomic mass is 9.93. The third-order valence-electron chi connectivity index (χ3n) is 2.74. The highest BCUT2D eigenvalue weighted by atomic mass is 16.5. The molecule has 0 spiro atoms. The minimum absolute atomic E-state index is 0.150. The Morgan fingerprint density at radius 3 is 2.71 bits per heavy atom. The van der Waals surface area contributed by atoms with E-state index >= 15 is 0 Å². The van der Waals surface area contributed by atoms with Crippen LogP contribution in [-0.4, -0.2) is 42.4 Å². The molecule has 0 aliphatic heterocycles. The maximum atomic E-state index is 11.4. The van der Waals surface area contributed by atoms with Gasteiger partial charge in [-0.05, 0) is 19.8 Å². The van der Waals surface area contributed by atoms with E-state index in [1.165, 1.54) is 0 Å². The summed E-state index contributed by atoms with van der Waals surface area (Å²) in [5.41, 5.74) is 0. The molecular formula is C11H20N2O4. The third-order valence-corrected chi connectivity index (χ3v) is 2.74. The lowest BCUT2D eigenvalue weighted by Gasteiger charge is -2.28. The number of aliphatic hydroxyl groups excluding tert-OH is 1. The van der Waals surface area contributed by atoms with Crippen LogP contribution in [0.4, 0.5) is 4.79 Å². The van der Waals surface area contributed by atoms with Crippen molar-refractivity contribution >= 4 is 12.0 Å². The van der Waals surface area contributed by atoms with Gasteiger partial charge in [-0.2, -0.15) is 0 Å². The number of carbonyl (C=O) groups is 2. The Labute approximate surface area is 101 Å². The van der Waals surface area contributed by atoms with Gasteiger partial charge in [0.2, 0.25) is 0 Å². The standard InChI is InChI=1S/C11H20N2O4/c1-2-17-10(15)7-12-11(16)13-8-5-3-4-6-9(8)14/h8-9,14H,2-7H2,1H3,(H2,12,13,16). The first-order valence-electron chi connectivity index (χ1n) is 6.01. The number of nitrogens with one attached hydrogen (secondary N) is 2. The van der Waals surface area contributed by atoms with E-state index in [1.807, 2.05) is 0 Å². The number of urea groups is 1. The molecule has 98 valence electrons. The fourth-order valence-electron chi connectivity index (χ4n) is 1.86. The minimum atomic E-state index is -0.489. The highest BCUT2D eigenvalue weighted by Crippen LogP contribution is 2.17. The molecule has 0 heterocycles. The fourth-order valence-corrected chi connectivity index (χ4v) is 1.86. The number of esters is 1. The molecule has 1 rings (SSSR count). The summed E-state index contributed by atoms with van der Waals surface area (Å²) in [5.74, 6) is -0.466. The van der Waals surface area contributed by atoms with Crippen molar-refractivity contribution in [1.82, 2.24) is 10.6 Å². The van der Waals surface area contributed by atoms with Crippen LogP contribution in [0.2, 0.25) is 0 Å². The molecule has 0 aromatic carbocycles. The van der Waals surface area contributed by atoms with Crippen LogP contribution < -0.4 is 10.6 Å². The second-order valence-electron chi connectivity index (χ2n) is 4.09. The van der Waals surface area contributed by atoms with Crippen LogP contribution in [0.1, 0.15) is 32.6 Å². The summed E-state index contributed by atoms with van der Waals surface area (Å²) in [6.07, 6.45) is 2.98. The van der Waals surface area contributed by atoms with Gasteiger partial charge >= 0.3 is 12.0 Å². The average molecular weight is 244 g/mol. The van der Waals surface area contributed by atoms with Gasteiger partial charge in [-0.1, -0.05) is 12.8 Å². The highest BCUT2D eigenvalue weighted by molar-refractivity contribution is 5.80. The van der Waals surface area contributed by atoms with Gasteiger partial charge in [-0.3, -0.25) is 4.79 Å². The molecule has 0 aromatic heterocycles. The summed E-state index contributed by atoms with van der Waals surface area (Å²) in [7, 11) is 0. The summed E-state index contributed by atoms with van der Waals surface area (Å²) < 4.78 is 4.67. The Hall–Kier alpha value is -1.30. The van der Waals surface area contributed by atoms with Crippen LogP contribution in [-0.2, 0) is 9.53 Å². The first-order valence-corrected chi connectivity index (χ1v) is 6.01. The maximum absolute atomic E-state index is 11.4. The molecule has 1 fully saturated rings. The predicted octanol–water partition coefficient (Wildman–Crippen LogP) is 0.152. The van der Waals surface area contributed by atoms with E-state index in [2.05, 4.69) is 15.4 Å². The second kappa shape index (κ2) is 7.11. The monoisotopic (exact) mass is 244 g/mol. The van der Waals surface area contributed by atoms with E-state index in [1.54, 1.807) is 6.92 Å². The normalized spacial score (nSPS) is 23.9. The smallest absolute Gasteiger partial charge is 0.325 e. The molecule has 3 N–H and O–H groups in total. The van der Waals surface area contributed by atoms with Gasteiger partial charge in [0.15, 0.2) is 0 Å². The molecule has 6 heteroatoms. The fraction of sp³-hybridized carbons (Fsp3) is 0.818. The van der Waals surface area contributed by atoms with E-state index < -0.39 is 18.1 Å². The van der Waals surface area contributed by atoms with Gasteiger partial charge in [0, 0.05) is 0 Å². The van der Waals surface area contributed by atoms with Crippen molar-refractivity contribution in [2.45, 2.75) is 44.8 Å². The summed E-state index contributed by atoms with van der Waals surface area (Å²) in [5, 5.41) is 14.7. The molecule has 0 aromatic rings. The summed E-state index contributed by atoms with van der Waals surface area (Å²) in [6.45, 7) is 1.85. The second-order valence-corrected chi connectivity index (χ2v) is 4.09. The molecule has 17 heavy (non-hydrogen) atoms. The zero-order chi connectivity index (χ0) is 12.7. The quantitative estimate of drug-likeness (QED) is 0.614. The number of ether oxygens (including phenoxy) is 1. The molecular weight excluding hydrogens is 224 g/mol. The van der Waals surface area contributed by atoms with Gasteiger partial charge in [0.25, 0.3) is 0 Å². The highest BCUT2D eigenvalue weighted by Gasteiger charge is 2.24. The van der Waals surface area contributed by atoms with Gasteiger partial charge in [0.05, 0.1) is 18.8 Å². The lowest BCUT2D eigenvalue weighted by Crippen LogP contribution is -2.49. The third kappa shape index (κ3) is 5.04. The molecule has 1 aliphatic carbocycles. The van der Waals surface area contributed by atoms with E-state index in [4.69, 9.17) is 0 Å². The summed E-state index contributed by atoms with van der Waals surface area (Å²) >= 11 is 0. The molecule has 2 amide bonds. The molecule has 6 nitrogen and oxygen atoms in total. The Morgan fingerprint density at radius 2 is 2.06 bits per heavy atom. The van der Waals surface area contributed by atoms with E-state index in [0.717, 1.165) is 19.3 Å². The lowest BCUT2D eigenvalue weighted by molar-refractivity contribution is -0.141. The van der Waals surface area contributed by atoms with E-state index in [-0.39, 0.29) is 12.6 Å². The average Bonchev–Trinajstić information content (AvgIpc) is 2.30. The van der Waals surface area contributed by atoms with Crippen molar-refractivity contribution in [1.29, 1.82) is 0 Å². The Balaban J connectivity index is 2.22. The molecule has 0 saturated heterocycles. The van der Waals surface area contributed by atoms with Crippen LogP contribution in [0.25, 0.3) is 0 Å². The molecule has 2 atom stereocenters. The van der Waals surface area contributed by atoms with E-state index in [9.17, 15) is 14.7 Å².